The highest BCUT2D eigenvalue weighted by atomic mass is 19.1. The highest BCUT2D eigenvalue weighted by molar-refractivity contribution is 6.00. The van der Waals surface area contributed by atoms with Gasteiger partial charge in [-0.25, -0.2) is 9.37 Å². The van der Waals surface area contributed by atoms with Gasteiger partial charge in [0.15, 0.2) is 5.75 Å². The number of carbonyl (C=O) groups is 1. The van der Waals surface area contributed by atoms with E-state index in [1.54, 1.807) is 13.3 Å². The summed E-state index contributed by atoms with van der Waals surface area (Å²) in [7, 11) is 1.63. The van der Waals surface area contributed by atoms with E-state index in [2.05, 4.69) is 55.3 Å². The molecule has 38 heavy (non-hydrogen) atoms. The molecular weight excluding hydrogens is 487 g/mol. The number of rotatable bonds is 8. The van der Waals surface area contributed by atoms with Crippen molar-refractivity contribution in [2.45, 2.75) is 19.9 Å². The first-order chi connectivity index (χ1) is 18.3. The summed E-state index contributed by atoms with van der Waals surface area (Å²) in [6.07, 6.45) is 1.76. The largest absolute Gasteiger partial charge is 0.493 e. The Bertz CT molecular complexity index is 1460. The standard InChI is InChI=1S/C27H31FN8O2/c1-16(2)35-10-12-36(13-11-35)18-5-7-21(23(15-18)38-3)32-27-33-25-20(8-9-30-25)26(34-27)31-22-14-17(28)4-6-19(22)24(29)37/h4-9,14-16H,10-13H2,1-3H3,(H2,29,37)(H3,30,31,32,33,34)/p+1. The molecule has 6 N–H and O–H groups in total. The van der Waals surface area contributed by atoms with Gasteiger partial charge in [-0.1, -0.05) is 4.98 Å². The fourth-order valence-electron chi connectivity index (χ4n) is 4.71. The van der Waals surface area contributed by atoms with Crippen molar-refractivity contribution in [3.63, 3.8) is 0 Å². The average Bonchev–Trinajstić information content (AvgIpc) is 3.38. The van der Waals surface area contributed by atoms with Gasteiger partial charge in [0, 0.05) is 50.2 Å². The normalized spacial score (nSPS) is 14.2. The van der Waals surface area contributed by atoms with Gasteiger partial charge in [0.05, 0.1) is 23.7 Å². The number of nitrogens with one attached hydrogen (secondary N) is 4. The maximum atomic E-state index is 14.0. The molecule has 0 radical (unpaired) electrons. The number of H-pyrrole nitrogens is 2. The second-order valence-corrected chi connectivity index (χ2v) is 9.51. The zero-order valence-corrected chi connectivity index (χ0v) is 21.6. The van der Waals surface area contributed by atoms with Crippen LogP contribution in [0.25, 0.3) is 11.0 Å². The lowest BCUT2D eigenvalue weighted by Crippen LogP contribution is -2.48. The number of halogens is 1. The maximum Gasteiger partial charge on any atom is 0.351 e. The SMILES string of the molecule is COc1cc(N2CCN(C(C)C)CC2)ccc1Nc1nc(Nc2cc(F)ccc2C(N)=O)c2cc[nH]c2[nH+]1. The van der Waals surface area contributed by atoms with Crippen LogP contribution in [-0.2, 0) is 0 Å². The molecule has 198 valence electrons. The minimum Gasteiger partial charge on any atom is -0.493 e. The summed E-state index contributed by atoms with van der Waals surface area (Å²) in [5.74, 6) is 0.324. The number of nitrogens with two attached hydrogens (primary N) is 1. The van der Waals surface area contributed by atoms with Crippen LogP contribution in [0.3, 0.4) is 0 Å². The fourth-order valence-corrected chi connectivity index (χ4v) is 4.71. The molecule has 4 aromatic rings. The zero-order chi connectivity index (χ0) is 26.8. The molecule has 11 heteroatoms. The molecule has 0 atom stereocenters. The van der Waals surface area contributed by atoms with Crippen LogP contribution in [0.4, 0.5) is 33.2 Å². The number of anilines is 5. The van der Waals surface area contributed by atoms with Crippen molar-refractivity contribution >= 4 is 45.8 Å². The summed E-state index contributed by atoms with van der Waals surface area (Å²) in [4.78, 5) is 27.7. The van der Waals surface area contributed by atoms with Crippen LogP contribution >= 0.6 is 0 Å². The molecule has 10 nitrogen and oxygen atoms in total. The number of methoxy groups -OCH3 is 1. The van der Waals surface area contributed by atoms with E-state index in [1.165, 1.54) is 18.2 Å². The van der Waals surface area contributed by atoms with Crippen LogP contribution in [0.15, 0.2) is 48.7 Å². The first kappa shape index (κ1) is 25.3. The molecule has 1 aliphatic rings. The van der Waals surface area contributed by atoms with E-state index >= 15 is 0 Å². The highest BCUT2D eigenvalue weighted by Gasteiger charge is 2.22. The van der Waals surface area contributed by atoms with Crippen molar-refractivity contribution in [2.24, 2.45) is 5.73 Å². The van der Waals surface area contributed by atoms with E-state index in [1.807, 2.05) is 18.2 Å². The Hall–Kier alpha value is -4.38. The first-order valence-corrected chi connectivity index (χ1v) is 12.5. The van der Waals surface area contributed by atoms with Crippen molar-refractivity contribution in [3.8, 4) is 5.75 Å². The van der Waals surface area contributed by atoms with E-state index in [0.29, 0.717) is 29.2 Å². The number of fused-ring (bicyclic) bond motifs is 1. The third-order valence-corrected chi connectivity index (χ3v) is 6.82. The number of primary amides is 1. The van der Waals surface area contributed by atoms with E-state index in [4.69, 9.17) is 10.5 Å². The first-order valence-electron chi connectivity index (χ1n) is 12.5. The van der Waals surface area contributed by atoms with Gasteiger partial charge >= 0.3 is 5.95 Å². The number of nitrogens with zero attached hydrogens (tertiary/aromatic N) is 3. The number of piperazine rings is 1. The molecule has 1 amide bonds. The van der Waals surface area contributed by atoms with Crippen molar-refractivity contribution in [1.82, 2.24) is 14.9 Å². The molecular formula is C27H32FN8O2+. The lowest BCUT2D eigenvalue weighted by Gasteiger charge is -2.38. The Morgan fingerprint density at radius 3 is 2.61 bits per heavy atom. The van der Waals surface area contributed by atoms with Gasteiger partial charge in [-0.05, 0) is 50.2 Å². The van der Waals surface area contributed by atoms with E-state index in [-0.39, 0.29) is 11.3 Å². The number of carbonyl (C=O) groups excluding carboxylic acids is 1. The van der Waals surface area contributed by atoms with Gasteiger partial charge in [-0.3, -0.25) is 20.0 Å². The van der Waals surface area contributed by atoms with Crippen LogP contribution in [0.2, 0.25) is 0 Å². The quantitative estimate of drug-likeness (QED) is 0.280. The summed E-state index contributed by atoms with van der Waals surface area (Å²) >= 11 is 0. The Morgan fingerprint density at radius 2 is 1.89 bits per heavy atom. The van der Waals surface area contributed by atoms with Crippen LogP contribution in [0, 0.1) is 5.82 Å². The molecule has 2 aromatic heterocycles. The third kappa shape index (κ3) is 5.18. The lowest BCUT2D eigenvalue weighted by molar-refractivity contribution is -0.333. The number of aromatic amines is 2. The monoisotopic (exact) mass is 519 g/mol. The summed E-state index contributed by atoms with van der Waals surface area (Å²) in [5, 5.41) is 7.08. The molecule has 3 heterocycles. The molecule has 0 spiro atoms. The van der Waals surface area contributed by atoms with Crippen molar-refractivity contribution in [1.29, 1.82) is 0 Å². The smallest absolute Gasteiger partial charge is 0.351 e. The Morgan fingerprint density at radius 1 is 1.11 bits per heavy atom. The molecule has 5 rings (SSSR count). The molecule has 0 bridgehead atoms. The van der Waals surface area contributed by atoms with Crippen LogP contribution in [0.1, 0.15) is 24.2 Å². The van der Waals surface area contributed by atoms with Crippen LogP contribution < -0.4 is 31.0 Å². The molecule has 1 aliphatic heterocycles. The number of hydrogen-bond acceptors (Lipinski definition) is 7. The molecule has 0 saturated carbocycles. The van der Waals surface area contributed by atoms with E-state index in [0.717, 1.165) is 42.9 Å². The Balaban J connectivity index is 1.42. The Kier molecular flexibility index (Phi) is 7.01. The van der Waals surface area contributed by atoms with Crippen molar-refractivity contribution < 1.29 is 18.9 Å². The maximum absolute atomic E-state index is 14.0. The van der Waals surface area contributed by atoms with Crippen molar-refractivity contribution in [3.05, 3.63) is 60.0 Å². The van der Waals surface area contributed by atoms with Crippen LogP contribution in [0.5, 0.6) is 5.75 Å². The third-order valence-electron chi connectivity index (χ3n) is 6.82. The number of ether oxygens (including phenoxy) is 1. The zero-order valence-electron chi connectivity index (χ0n) is 21.6. The van der Waals surface area contributed by atoms with Crippen molar-refractivity contribution in [2.75, 3.05) is 48.8 Å². The molecule has 0 aliphatic carbocycles. The second kappa shape index (κ2) is 10.5. The van der Waals surface area contributed by atoms with Crippen LogP contribution in [-0.4, -0.2) is 60.1 Å². The summed E-state index contributed by atoms with van der Waals surface area (Å²) in [6, 6.07) is 12.2. The number of hydrogen-bond donors (Lipinski definition) is 4. The van der Waals surface area contributed by atoms with E-state index in [9.17, 15) is 9.18 Å². The van der Waals surface area contributed by atoms with E-state index < -0.39 is 11.7 Å². The number of benzene rings is 2. The minimum atomic E-state index is -0.672. The van der Waals surface area contributed by atoms with Gasteiger partial charge < -0.3 is 20.7 Å². The second-order valence-electron chi connectivity index (χ2n) is 9.51. The molecule has 2 aromatic carbocycles. The highest BCUT2D eigenvalue weighted by Crippen LogP contribution is 2.33. The average molecular weight is 520 g/mol. The molecule has 0 unspecified atom stereocenters. The Labute approximate surface area is 220 Å². The minimum absolute atomic E-state index is 0.158. The molecule has 1 saturated heterocycles. The number of amides is 1. The summed E-state index contributed by atoms with van der Waals surface area (Å²) in [6.45, 7) is 8.40. The fraction of sp³-hybridized carbons (Fsp3) is 0.296. The summed E-state index contributed by atoms with van der Waals surface area (Å²) in [5.41, 5.74) is 8.38. The van der Waals surface area contributed by atoms with Gasteiger partial charge in [0.25, 0.3) is 5.91 Å². The lowest BCUT2D eigenvalue weighted by atomic mass is 10.1. The summed E-state index contributed by atoms with van der Waals surface area (Å²) < 4.78 is 19.7. The number of aromatic nitrogens is 3. The predicted octanol–water partition coefficient (Wildman–Crippen LogP) is 3.64. The van der Waals surface area contributed by atoms with Gasteiger partial charge in [0.2, 0.25) is 11.5 Å². The van der Waals surface area contributed by atoms with Gasteiger partial charge in [0.1, 0.15) is 11.5 Å². The topological polar surface area (TPSA) is 126 Å². The molecule has 1 fully saturated rings. The van der Waals surface area contributed by atoms with Gasteiger partial charge in [-0.2, -0.15) is 0 Å². The van der Waals surface area contributed by atoms with Gasteiger partial charge in [-0.15, -0.1) is 0 Å². The predicted molar refractivity (Wildman–Crippen MR) is 146 cm³/mol.